The van der Waals surface area contributed by atoms with Crippen molar-refractivity contribution in [1.82, 2.24) is 0 Å². The van der Waals surface area contributed by atoms with E-state index in [1.165, 1.54) is 32.1 Å². The van der Waals surface area contributed by atoms with Crippen LogP contribution in [0.2, 0.25) is 0 Å². The lowest BCUT2D eigenvalue weighted by atomic mass is 10.1. The van der Waals surface area contributed by atoms with Crippen LogP contribution < -0.4 is 0 Å². The lowest BCUT2D eigenvalue weighted by Crippen LogP contribution is -1.74. The summed E-state index contributed by atoms with van der Waals surface area (Å²) >= 11 is 0. The summed E-state index contributed by atoms with van der Waals surface area (Å²) < 4.78 is 0. The summed E-state index contributed by atoms with van der Waals surface area (Å²) in [7, 11) is 0. The monoisotopic (exact) mass is 208 g/mol. The van der Waals surface area contributed by atoms with Crippen molar-refractivity contribution in [2.24, 2.45) is 0 Å². The van der Waals surface area contributed by atoms with E-state index in [-0.39, 0.29) is 0 Å². The predicted octanol–water partition coefficient (Wildman–Crippen LogP) is 4.44. The lowest BCUT2D eigenvalue weighted by molar-refractivity contribution is -0.104. The van der Waals surface area contributed by atoms with E-state index in [0.717, 1.165) is 25.5 Å². The highest BCUT2D eigenvalue weighted by Gasteiger charge is 1.84. The Balaban J connectivity index is 3.10. The number of rotatable bonds is 10. The van der Waals surface area contributed by atoms with Crippen LogP contribution in [0.3, 0.4) is 0 Å². The number of hydrogen-bond acceptors (Lipinski definition) is 1. The third-order valence-electron chi connectivity index (χ3n) is 2.35. The molecule has 0 saturated heterocycles. The molecular formula is C14H24O. The summed E-state index contributed by atoms with van der Waals surface area (Å²) in [4.78, 5) is 9.96. The SMILES string of the molecule is CCCCCC/C=C/CCC/C=C/C=O. The molecule has 0 unspecified atom stereocenters. The molecule has 0 aliphatic rings. The molecular weight excluding hydrogens is 184 g/mol. The fourth-order valence-corrected chi connectivity index (χ4v) is 1.43. The van der Waals surface area contributed by atoms with E-state index in [4.69, 9.17) is 0 Å². The highest BCUT2D eigenvalue weighted by atomic mass is 16.1. The fourth-order valence-electron chi connectivity index (χ4n) is 1.43. The molecule has 0 radical (unpaired) electrons. The Hall–Kier alpha value is -0.850. The van der Waals surface area contributed by atoms with Crippen molar-refractivity contribution < 1.29 is 4.79 Å². The predicted molar refractivity (Wildman–Crippen MR) is 67.0 cm³/mol. The Morgan fingerprint density at radius 2 is 1.47 bits per heavy atom. The van der Waals surface area contributed by atoms with Gasteiger partial charge in [-0.15, -0.1) is 0 Å². The van der Waals surface area contributed by atoms with E-state index >= 15 is 0 Å². The van der Waals surface area contributed by atoms with Crippen LogP contribution in [-0.4, -0.2) is 6.29 Å². The maximum atomic E-state index is 9.96. The Bertz CT molecular complexity index is 180. The van der Waals surface area contributed by atoms with Crippen molar-refractivity contribution in [3.8, 4) is 0 Å². The first-order valence-electron chi connectivity index (χ1n) is 6.17. The third-order valence-corrected chi connectivity index (χ3v) is 2.35. The van der Waals surface area contributed by atoms with E-state index in [2.05, 4.69) is 19.1 Å². The smallest absolute Gasteiger partial charge is 0.142 e. The fraction of sp³-hybridized carbons (Fsp3) is 0.643. The second-order valence-corrected chi connectivity index (χ2v) is 3.82. The molecule has 0 aliphatic carbocycles. The van der Waals surface area contributed by atoms with Gasteiger partial charge in [0.05, 0.1) is 0 Å². The largest absolute Gasteiger partial charge is 0.299 e. The van der Waals surface area contributed by atoms with E-state index < -0.39 is 0 Å². The van der Waals surface area contributed by atoms with E-state index in [9.17, 15) is 4.79 Å². The summed E-state index contributed by atoms with van der Waals surface area (Å²) in [6, 6.07) is 0. The van der Waals surface area contributed by atoms with Gasteiger partial charge >= 0.3 is 0 Å². The molecule has 0 amide bonds. The van der Waals surface area contributed by atoms with Gasteiger partial charge in [0, 0.05) is 0 Å². The summed E-state index contributed by atoms with van der Waals surface area (Å²) in [5.74, 6) is 0. The molecule has 0 saturated carbocycles. The number of carbonyl (C=O) groups excluding carboxylic acids is 1. The normalized spacial score (nSPS) is 11.5. The van der Waals surface area contributed by atoms with Gasteiger partial charge in [0.25, 0.3) is 0 Å². The first-order chi connectivity index (χ1) is 7.41. The van der Waals surface area contributed by atoms with Gasteiger partial charge in [-0.25, -0.2) is 0 Å². The molecule has 0 atom stereocenters. The van der Waals surface area contributed by atoms with Gasteiger partial charge < -0.3 is 0 Å². The van der Waals surface area contributed by atoms with Gasteiger partial charge in [-0.05, 0) is 38.2 Å². The van der Waals surface area contributed by atoms with Crippen molar-refractivity contribution in [2.75, 3.05) is 0 Å². The van der Waals surface area contributed by atoms with Crippen molar-refractivity contribution in [3.63, 3.8) is 0 Å². The summed E-state index contributed by atoms with van der Waals surface area (Å²) in [5.41, 5.74) is 0. The molecule has 1 nitrogen and oxygen atoms in total. The van der Waals surface area contributed by atoms with Crippen molar-refractivity contribution >= 4 is 6.29 Å². The molecule has 0 rings (SSSR count). The van der Waals surface area contributed by atoms with Gasteiger partial charge in [-0.2, -0.15) is 0 Å². The minimum atomic E-state index is 0.837. The third kappa shape index (κ3) is 13.2. The number of hydrogen-bond donors (Lipinski definition) is 0. The molecule has 0 heterocycles. The molecule has 0 spiro atoms. The average molecular weight is 208 g/mol. The minimum Gasteiger partial charge on any atom is -0.299 e. The second-order valence-electron chi connectivity index (χ2n) is 3.82. The quantitative estimate of drug-likeness (QED) is 0.224. The number of carbonyl (C=O) groups is 1. The first-order valence-corrected chi connectivity index (χ1v) is 6.17. The Kier molecular flexibility index (Phi) is 12.4. The maximum Gasteiger partial charge on any atom is 0.142 e. The molecule has 0 aliphatic heterocycles. The van der Waals surface area contributed by atoms with Gasteiger partial charge in [0.15, 0.2) is 0 Å². The molecule has 0 aromatic carbocycles. The molecule has 15 heavy (non-hydrogen) atoms. The molecule has 0 aromatic rings. The van der Waals surface area contributed by atoms with Crippen LogP contribution in [0.5, 0.6) is 0 Å². The van der Waals surface area contributed by atoms with Crippen LogP contribution >= 0.6 is 0 Å². The van der Waals surface area contributed by atoms with Crippen LogP contribution in [0.4, 0.5) is 0 Å². The molecule has 0 aromatic heterocycles. The average Bonchev–Trinajstić information content (AvgIpc) is 2.26. The maximum absolute atomic E-state index is 9.96. The minimum absolute atomic E-state index is 0.837. The Morgan fingerprint density at radius 3 is 2.13 bits per heavy atom. The lowest BCUT2D eigenvalue weighted by Gasteiger charge is -1.94. The van der Waals surface area contributed by atoms with Crippen molar-refractivity contribution in [3.05, 3.63) is 24.3 Å². The zero-order chi connectivity index (χ0) is 11.2. The van der Waals surface area contributed by atoms with Gasteiger partial charge in [-0.1, -0.05) is 44.4 Å². The molecule has 0 fully saturated rings. The first kappa shape index (κ1) is 14.2. The summed E-state index contributed by atoms with van der Waals surface area (Å²) in [6.45, 7) is 2.24. The second kappa shape index (κ2) is 13.2. The number of aldehydes is 1. The molecule has 0 N–H and O–H groups in total. The van der Waals surface area contributed by atoms with Gasteiger partial charge in [0.1, 0.15) is 6.29 Å². The number of unbranched alkanes of at least 4 members (excludes halogenated alkanes) is 6. The van der Waals surface area contributed by atoms with Gasteiger partial charge in [-0.3, -0.25) is 4.79 Å². The van der Waals surface area contributed by atoms with Crippen LogP contribution in [-0.2, 0) is 4.79 Å². The standard InChI is InChI=1S/C14H24O/c1-2-3-4-5-6-7-8-9-10-11-12-13-14-15/h7-8,12-14H,2-6,9-11H2,1H3/b8-7+,13-12+. The molecule has 86 valence electrons. The van der Waals surface area contributed by atoms with E-state index in [1.807, 2.05) is 6.08 Å². The Morgan fingerprint density at radius 1 is 0.800 bits per heavy atom. The van der Waals surface area contributed by atoms with E-state index in [0.29, 0.717) is 0 Å². The van der Waals surface area contributed by atoms with Crippen molar-refractivity contribution in [1.29, 1.82) is 0 Å². The Labute approximate surface area is 94.3 Å². The van der Waals surface area contributed by atoms with Crippen LogP contribution in [0.1, 0.15) is 58.3 Å². The summed E-state index contributed by atoms with van der Waals surface area (Å²) in [6.07, 6.45) is 18.8. The van der Waals surface area contributed by atoms with Gasteiger partial charge in [0.2, 0.25) is 0 Å². The molecule has 0 bridgehead atoms. The summed E-state index contributed by atoms with van der Waals surface area (Å²) in [5, 5.41) is 0. The van der Waals surface area contributed by atoms with Crippen molar-refractivity contribution in [2.45, 2.75) is 58.3 Å². The topological polar surface area (TPSA) is 17.1 Å². The van der Waals surface area contributed by atoms with Crippen LogP contribution in [0.15, 0.2) is 24.3 Å². The zero-order valence-corrected chi connectivity index (χ0v) is 9.95. The highest BCUT2D eigenvalue weighted by molar-refractivity contribution is 5.64. The van der Waals surface area contributed by atoms with Crippen LogP contribution in [0, 0.1) is 0 Å². The zero-order valence-electron chi connectivity index (χ0n) is 9.95. The van der Waals surface area contributed by atoms with Crippen LogP contribution in [0.25, 0.3) is 0 Å². The molecule has 1 heteroatoms. The highest BCUT2D eigenvalue weighted by Crippen LogP contribution is 2.04. The number of allylic oxidation sites excluding steroid dienone is 4. The van der Waals surface area contributed by atoms with E-state index in [1.54, 1.807) is 6.08 Å².